The lowest BCUT2D eigenvalue weighted by atomic mass is 10.2. The largest absolute Gasteiger partial charge is 0.463 e. The third kappa shape index (κ3) is 7.84. The van der Waals surface area contributed by atoms with Crippen molar-refractivity contribution in [2.45, 2.75) is 19.8 Å². The number of carbonyl (C=O) groups is 2. The van der Waals surface area contributed by atoms with Gasteiger partial charge in [0.15, 0.2) is 0 Å². The number of ether oxygens (including phenoxy) is 1. The zero-order valence-electron chi connectivity index (χ0n) is 16.1. The standard InChI is InChI=1S/C21H23N3O5/c1-2-29-21(26)14-7-16-5-8-18(9-6-16)23-20(25)4-3-15-22-17-10-12-19(13-11-17)24(27)28/h5-14,22H,2-4,15H2,1H3,(H,23,25)/b14-7+. The number of hydrogen-bond donors (Lipinski definition) is 2. The van der Waals surface area contributed by atoms with E-state index in [2.05, 4.69) is 10.6 Å². The molecule has 29 heavy (non-hydrogen) atoms. The predicted molar refractivity (Wildman–Crippen MR) is 112 cm³/mol. The van der Waals surface area contributed by atoms with Gasteiger partial charge < -0.3 is 15.4 Å². The van der Waals surface area contributed by atoms with Crippen molar-refractivity contribution in [3.63, 3.8) is 0 Å². The van der Waals surface area contributed by atoms with Crippen molar-refractivity contribution >= 4 is 35.0 Å². The SMILES string of the molecule is CCOC(=O)/C=C/c1ccc(NC(=O)CCCNc2ccc([N+](=O)[O-])cc2)cc1. The number of hydrogen-bond acceptors (Lipinski definition) is 6. The molecule has 0 fully saturated rings. The summed E-state index contributed by atoms with van der Waals surface area (Å²) in [5.41, 5.74) is 2.30. The molecule has 0 heterocycles. The second-order valence-electron chi connectivity index (χ2n) is 6.09. The van der Waals surface area contributed by atoms with E-state index in [1.165, 1.54) is 18.2 Å². The van der Waals surface area contributed by atoms with Crippen molar-refractivity contribution in [1.29, 1.82) is 0 Å². The normalized spacial score (nSPS) is 10.5. The summed E-state index contributed by atoms with van der Waals surface area (Å²) < 4.78 is 4.81. The maximum atomic E-state index is 12.0. The van der Waals surface area contributed by atoms with Crippen LogP contribution in [0, 0.1) is 10.1 Å². The van der Waals surface area contributed by atoms with Gasteiger partial charge in [-0.15, -0.1) is 0 Å². The number of anilines is 2. The fourth-order valence-corrected chi connectivity index (χ4v) is 2.44. The molecule has 2 aromatic rings. The molecule has 0 unspecified atom stereocenters. The molecule has 0 atom stereocenters. The molecule has 0 aliphatic heterocycles. The molecular weight excluding hydrogens is 374 g/mol. The summed E-state index contributed by atoms with van der Waals surface area (Å²) in [6.07, 6.45) is 3.95. The Morgan fingerprint density at radius 3 is 2.34 bits per heavy atom. The van der Waals surface area contributed by atoms with Gasteiger partial charge in [0.25, 0.3) is 5.69 Å². The van der Waals surface area contributed by atoms with E-state index in [-0.39, 0.29) is 11.6 Å². The molecule has 0 aromatic heterocycles. The molecule has 0 spiro atoms. The van der Waals surface area contributed by atoms with E-state index in [4.69, 9.17) is 4.74 Å². The van der Waals surface area contributed by atoms with Crippen LogP contribution in [0.25, 0.3) is 6.08 Å². The Labute approximate surface area is 168 Å². The van der Waals surface area contributed by atoms with Crippen molar-refractivity contribution in [3.05, 3.63) is 70.3 Å². The molecular formula is C21H23N3O5. The first-order chi connectivity index (χ1) is 14.0. The average molecular weight is 397 g/mol. The van der Waals surface area contributed by atoms with E-state index in [1.807, 2.05) is 0 Å². The van der Waals surface area contributed by atoms with Gasteiger partial charge in [-0.3, -0.25) is 14.9 Å². The molecule has 0 aliphatic carbocycles. The van der Waals surface area contributed by atoms with Crippen LogP contribution in [-0.2, 0) is 14.3 Å². The lowest BCUT2D eigenvalue weighted by molar-refractivity contribution is -0.384. The maximum absolute atomic E-state index is 12.0. The monoisotopic (exact) mass is 397 g/mol. The van der Waals surface area contributed by atoms with Crippen molar-refractivity contribution in [1.82, 2.24) is 0 Å². The van der Waals surface area contributed by atoms with Gasteiger partial charge >= 0.3 is 5.97 Å². The predicted octanol–water partition coefficient (Wildman–Crippen LogP) is 4.00. The van der Waals surface area contributed by atoms with Crippen LogP contribution in [0.4, 0.5) is 17.1 Å². The third-order valence-electron chi connectivity index (χ3n) is 3.88. The molecule has 1 amide bonds. The van der Waals surface area contributed by atoms with Gasteiger partial charge in [-0.2, -0.15) is 0 Å². The van der Waals surface area contributed by atoms with Crippen molar-refractivity contribution in [3.8, 4) is 0 Å². The van der Waals surface area contributed by atoms with E-state index in [9.17, 15) is 19.7 Å². The first-order valence-corrected chi connectivity index (χ1v) is 9.21. The van der Waals surface area contributed by atoms with Crippen LogP contribution >= 0.6 is 0 Å². The lowest BCUT2D eigenvalue weighted by Gasteiger charge is -2.07. The first kappa shape index (κ1) is 21.6. The molecule has 152 valence electrons. The van der Waals surface area contributed by atoms with Crippen molar-refractivity contribution in [2.75, 3.05) is 23.8 Å². The minimum atomic E-state index is -0.447. The Balaban J connectivity index is 1.70. The summed E-state index contributed by atoms with van der Waals surface area (Å²) in [6.45, 7) is 2.65. The van der Waals surface area contributed by atoms with Crippen molar-refractivity contribution in [2.24, 2.45) is 0 Å². The Hall–Kier alpha value is -3.68. The molecule has 0 radical (unpaired) electrons. The van der Waals surface area contributed by atoms with Gasteiger partial charge in [0.1, 0.15) is 0 Å². The number of amides is 1. The number of esters is 1. The summed E-state index contributed by atoms with van der Waals surface area (Å²) in [5, 5.41) is 16.6. The molecule has 0 aliphatic rings. The van der Waals surface area contributed by atoms with Crippen LogP contribution < -0.4 is 10.6 Å². The summed E-state index contributed by atoms with van der Waals surface area (Å²) in [7, 11) is 0. The zero-order valence-corrected chi connectivity index (χ0v) is 16.1. The summed E-state index contributed by atoms with van der Waals surface area (Å²) in [4.78, 5) is 33.5. The number of nitro benzene ring substituents is 1. The number of benzene rings is 2. The highest BCUT2D eigenvalue weighted by Gasteiger charge is 2.05. The Bertz CT molecular complexity index is 861. The van der Waals surface area contributed by atoms with Gasteiger partial charge in [-0.1, -0.05) is 12.1 Å². The van der Waals surface area contributed by atoms with E-state index in [1.54, 1.807) is 49.4 Å². The molecule has 0 bridgehead atoms. The summed E-state index contributed by atoms with van der Waals surface area (Å²) >= 11 is 0. The van der Waals surface area contributed by atoms with E-state index >= 15 is 0 Å². The van der Waals surface area contributed by atoms with Crippen LogP contribution in [0.2, 0.25) is 0 Å². The number of nitro groups is 1. The van der Waals surface area contributed by atoms with Crippen molar-refractivity contribution < 1.29 is 19.2 Å². The molecule has 2 rings (SSSR count). The summed E-state index contributed by atoms with van der Waals surface area (Å²) in [5.74, 6) is -0.502. The Morgan fingerprint density at radius 1 is 1.07 bits per heavy atom. The van der Waals surface area contributed by atoms with Crippen LogP contribution in [0.3, 0.4) is 0 Å². The van der Waals surface area contributed by atoms with Crippen LogP contribution in [0.1, 0.15) is 25.3 Å². The molecule has 0 saturated carbocycles. The van der Waals surface area contributed by atoms with Gasteiger partial charge in [0.05, 0.1) is 11.5 Å². The first-order valence-electron chi connectivity index (χ1n) is 9.21. The highest BCUT2D eigenvalue weighted by atomic mass is 16.6. The zero-order chi connectivity index (χ0) is 21.1. The highest BCUT2D eigenvalue weighted by molar-refractivity contribution is 5.91. The van der Waals surface area contributed by atoms with E-state index in [0.717, 1.165) is 11.3 Å². The van der Waals surface area contributed by atoms with Crippen LogP contribution in [0.5, 0.6) is 0 Å². The third-order valence-corrected chi connectivity index (χ3v) is 3.88. The fourth-order valence-electron chi connectivity index (χ4n) is 2.44. The number of nitrogens with one attached hydrogen (secondary N) is 2. The second-order valence-corrected chi connectivity index (χ2v) is 6.09. The summed E-state index contributed by atoms with van der Waals surface area (Å²) in [6, 6.07) is 13.2. The van der Waals surface area contributed by atoms with Gasteiger partial charge in [-0.25, -0.2) is 4.79 Å². The minimum absolute atomic E-state index is 0.0392. The van der Waals surface area contributed by atoms with Crippen LogP contribution in [0.15, 0.2) is 54.6 Å². The molecule has 0 saturated heterocycles. The highest BCUT2D eigenvalue weighted by Crippen LogP contribution is 2.15. The topological polar surface area (TPSA) is 111 Å². The van der Waals surface area contributed by atoms with E-state index < -0.39 is 10.9 Å². The molecule has 2 N–H and O–H groups in total. The number of carbonyl (C=O) groups excluding carboxylic acids is 2. The molecule has 8 nitrogen and oxygen atoms in total. The minimum Gasteiger partial charge on any atom is -0.463 e. The van der Waals surface area contributed by atoms with Gasteiger partial charge in [0, 0.05) is 42.5 Å². The van der Waals surface area contributed by atoms with E-state index in [0.29, 0.717) is 31.7 Å². The Kier molecular flexibility index (Phi) is 8.37. The average Bonchev–Trinajstić information content (AvgIpc) is 2.71. The number of nitrogens with zero attached hydrogens (tertiary/aromatic N) is 1. The van der Waals surface area contributed by atoms with Crippen LogP contribution in [-0.4, -0.2) is 30.0 Å². The number of rotatable bonds is 10. The number of non-ortho nitro benzene ring substituents is 1. The second kappa shape index (κ2) is 11.2. The quantitative estimate of drug-likeness (QED) is 0.206. The van der Waals surface area contributed by atoms with Gasteiger partial charge in [-0.05, 0) is 49.2 Å². The maximum Gasteiger partial charge on any atom is 0.330 e. The van der Waals surface area contributed by atoms with Gasteiger partial charge in [0.2, 0.25) is 5.91 Å². The lowest BCUT2D eigenvalue weighted by Crippen LogP contribution is -2.13. The molecule has 8 heteroatoms. The Morgan fingerprint density at radius 2 is 1.72 bits per heavy atom. The molecule has 2 aromatic carbocycles. The smallest absolute Gasteiger partial charge is 0.330 e. The fraction of sp³-hybridized carbons (Fsp3) is 0.238.